The Labute approximate surface area is 224 Å². The number of halogens is 16. The molecule has 0 bridgehead atoms. The van der Waals surface area contributed by atoms with Crippen LogP contribution in [0.3, 0.4) is 0 Å². The zero-order chi connectivity index (χ0) is 29.0. The molecule has 22 heteroatoms. The van der Waals surface area contributed by atoms with E-state index < -0.39 is 83.9 Å². The number of amides is 1. The molecule has 2 N–H and O–H groups in total. The van der Waals surface area contributed by atoms with Gasteiger partial charge in [0.05, 0.1) is 0 Å². The molecule has 1 rings (SSSR count). The zero-order valence-corrected chi connectivity index (χ0v) is 19.7. The second-order valence-corrected chi connectivity index (χ2v) is 7.30. The monoisotopic (exact) mass is 612 g/mol. The van der Waals surface area contributed by atoms with Gasteiger partial charge in [0, 0.05) is 50.7 Å². The molecule has 214 valence electrons. The molecule has 1 saturated heterocycles. The van der Waals surface area contributed by atoms with Gasteiger partial charge in [-0.1, -0.05) is 6.42 Å². The van der Waals surface area contributed by atoms with Crippen molar-refractivity contribution in [1.29, 1.82) is 0 Å². The molecule has 5 nitrogen and oxygen atoms in total. The number of unbranched alkanes of at least 4 members (excludes halogenated alkanes) is 2. The Bertz CT molecular complexity index is 835. The SMILES string of the molecule is O=C(O)CCCCCNC(=O)C(F)(C(F)(F)F)C(F)(F)N1C(F)(F)C(F)(F)C(F)(F)C(F)(F)C1(F)F.[Ca]. The van der Waals surface area contributed by atoms with E-state index in [9.17, 15) is 79.8 Å². The topological polar surface area (TPSA) is 69.6 Å². The molecule has 37 heavy (non-hydrogen) atoms. The van der Waals surface area contributed by atoms with E-state index in [1.165, 1.54) is 0 Å². The summed E-state index contributed by atoms with van der Waals surface area (Å²) in [5, 5.41) is 9.02. The molecule has 1 unspecified atom stereocenters. The van der Waals surface area contributed by atoms with Gasteiger partial charge in [0.25, 0.3) is 5.91 Å². The first-order valence-corrected chi connectivity index (χ1v) is 9.03. The van der Waals surface area contributed by atoms with Crippen molar-refractivity contribution in [2.75, 3.05) is 6.54 Å². The van der Waals surface area contributed by atoms with Crippen LogP contribution in [-0.4, -0.2) is 114 Å². The summed E-state index contributed by atoms with van der Waals surface area (Å²) >= 11 is 0. The van der Waals surface area contributed by atoms with Gasteiger partial charge in [-0.2, -0.15) is 65.9 Å². The number of carbonyl (C=O) groups excluding carboxylic acids is 1. The molecule has 1 heterocycles. The number of carboxylic acid groups (broad SMARTS) is 1. The Hall–Kier alpha value is -0.960. The van der Waals surface area contributed by atoms with Crippen LogP contribution in [0.15, 0.2) is 0 Å². The molecule has 2 radical (unpaired) electrons. The van der Waals surface area contributed by atoms with Crippen LogP contribution in [0.2, 0.25) is 0 Å². The predicted molar refractivity (Wildman–Crippen MR) is 86.3 cm³/mol. The third kappa shape index (κ3) is 5.17. The Balaban J connectivity index is 0.0000130. The summed E-state index contributed by atoms with van der Waals surface area (Å²) in [5.41, 5.74) is -7.41. The maximum Gasteiger partial charge on any atom is 0.439 e. The third-order valence-electron chi connectivity index (χ3n) is 4.86. The standard InChI is InChI=1S/C15H12F16N2O3.Ca/c16-8(12(23,24)25,7(36)32-5-3-1-2-4-6(34)35)13(26,27)33-14(28,29)10(19,20)9(17,18)11(21,22)15(33,30)31;/h1-5H2,(H,32,36)(H,34,35);. The van der Waals surface area contributed by atoms with Gasteiger partial charge < -0.3 is 10.4 Å². The maximum absolute atomic E-state index is 14.6. The smallest absolute Gasteiger partial charge is 0.439 e. The van der Waals surface area contributed by atoms with Crippen molar-refractivity contribution >= 4 is 49.6 Å². The van der Waals surface area contributed by atoms with Crippen molar-refractivity contribution in [3.8, 4) is 0 Å². The molecule has 1 aliphatic rings. The number of hydrogen-bond donors (Lipinski definition) is 2. The van der Waals surface area contributed by atoms with Gasteiger partial charge in [0.2, 0.25) is 0 Å². The summed E-state index contributed by atoms with van der Waals surface area (Å²) in [5.74, 6) is -29.0. The number of carboxylic acids is 1. The van der Waals surface area contributed by atoms with Gasteiger partial charge in [-0.15, -0.1) is 4.90 Å². The summed E-state index contributed by atoms with van der Waals surface area (Å²) in [6.45, 7) is -1.30. The molecule has 1 amide bonds. The predicted octanol–water partition coefficient (Wildman–Crippen LogP) is 4.64. The van der Waals surface area contributed by atoms with E-state index in [1.54, 1.807) is 0 Å². The van der Waals surface area contributed by atoms with Crippen molar-refractivity contribution < 1.29 is 84.9 Å². The molecule has 1 atom stereocenters. The van der Waals surface area contributed by atoms with Crippen LogP contribution in [0.4, 0.5) is 70.2 Å². The van der Waals surface area contributed by atoms with Gasteiger partial charge in [-0.3, -0.25) is 9.59 Å². The van der Waals surface area contributed by atoms with E-state index >= 15 is 0 Å². The Morgan fingerprint density at radius 1 is 0.703 bits per heavy atom. The minimum absolute atomic E-state index is 0. The molecule has 0 spiro atoms. The van der Waals surface area contributed by atoms with Crippen molar-refractivity contribution in [3.05, 3.63) is 0 Å². The largest absolute Gasteiger partial charge is 0.481 e. The van der Waals surface area contributed by atoms with Crippen molar-refractivity contribution in [2.45, 2.75) is 73.4 Å². The van der Waals surface area contributed by atoms with Crippen molar-refractivity contribution in [3.63, 3.8) is 0 Å². The summed E-state index contributed by atoms with van der Waals surface area (Å²) in [4.78, 5) is 17.5. The minimum atomic E-state index is -8.07. The molecule has 0 aliphatic carbocycles. The van der Waals surface area contributed by atoms with Gasteiger partial charge in [-0.25, -0.2) is 4.39 Å². The van der Waals surface area contributed by atoms with E-state index in [4.69, 9.17) is 5.11 Å². The summed E-state index contributed by atoms with van der Waals surface area (Å²) in [6, 6.07) is -24.1. The fourth-order valence-corrected chi connectivity index (χ4v) is 2.88. The third-order valence-corrected chi connectivity index (χ3v) is 4.86. The molecule has 1 fully saturated rings. The minimum Gasteiger partial charge on any atom is -0.481 e. The first-order valence-electron chi connectivity index (χ1n) is 9.03. The van der Waals surface area contributed by atoms with Crippen LogP contribution in [0.1, 0.15) is 25.7 Å². The molecular weight excluding hydrogens is 600 g/mol. The Kier molecular flexibility index (Phi) is 10.3. The number of rotatable bonds is 9. The fraction of sp³-hybridized carbons (Fsp3) is 0.867. The molecule has 0 saturated carbocycles. The summed E-state index contributed by atoms with van der Waals surface area (Å²) in [7, 11) is 0. The number of likely N-dealkylation sites (tertiary alicyclic amines) is 1. The Morgan fingerprint density at radius 3 is 1.46 bits per heavy atom. The summed E-state index contributed by atoms with van der Waals surface area (Å²) in [6.07, 6.45) is -9.33. The first kappa shape index (κ1) is 36.0. The quantitative estimate of drug-likeness (QED) is 0.173. The number of nitrogens with zero attached hydrogens (tertiary/aromatic N) is 1. The fourth-order valence-electron chi connectivity index (χ4n) is 2.88. The second-order valence-electron chi connectivity index (χ2n) is 7.30. The number of alkyl halides is 16. The molecule has 0 aromatic heterocycles. The average molecular weight is 612 g/mol. The molecule has 0 aromatic carbocycles. The average Bonchev–Trinajstić information content (AvgIpc) is 2.66. The number of hydrogen-bond acceptors (Lipinski definition) is 3. The first-order chi connectivity index (χ1) is 15.7. The van der Waals surface area contributed by atoms with Crippen molar-refractivity contribution in [2.24, 2.45) is 0 Å². The number of aliphatic carboxylic acids is 1. The summed E-state index contributed by atoms with van der Waals surface area (Å²) < 4.78 is 218. The maximum atomic E-state index is 14.6. The molecule has 0 aromatic rings. The van der Waals surface area contributed by atoms with E-state index in [0.29, 0.717) is 5.32 Å². The van der Waals surface area contributed by atoms with E-state index in [2.05, 4.69) is 0 Å². The number of nitrogens with one attached hydrogen (secondary N) is 1. The molecule has 1 aliphatic heterocycles. The van der Waals surface area contributed by atoms with E-state index in [1.807, 2.05) is 0 Å². The van der Waals surface area contributed by atoms with Gasteiger partial charge in [0.15, 0.2) is 0 Å². The van der Waals surface area contributed by atoms with Gasteiger partial charge in [0.1, 0.15) is 0 Å². The van der Waals surface area contributed by atoms with Crippen LogP contribution in [0.5, 0.6) is 0 Å². The zero-order valence-electron chi connectivity index (χ0n) is 17.5. The molecular formula is C15H12CaF16N2O3. The van der Waals surface area contributed by atoms with Gasteiger partial charge in [-0.05, 0) is 12.8 Å². The van der Waals surface area contributed by atoms with Crippen LogP contribution in [-0.2, 0) is 9.59 Å². The van der Waals surface area contributed by atoms with Crippen LogP contribution in [0.25, 0.3) is 0 Å². The van der Waals surface area contributed by atoms with Gasteiger partial charge >= 0.3 is 53.7 Å². The van der Waals surface area contributed by atoms with Crippen molar-refractivity contribution in [1.82, 2.24) is 10.2 Å². The second kappa shape index (κ2) is 10.5. The number of carbonyl (C=O) groups is 2. The number of piperidine rings is 1. The van der Waals surface area contributed by atoms with Crippen LogP contribution in [0, 0.1) is 0 Å². The van der Waals surface area contributed by atoms with E-state index in [0.717, 1.165) is 0 Å². The van der Waals surface area contributed by atoms with Crippen LogP contribution >= 0.6 is 0 Å². The normalized spacial score (nSPS) is 23.9. The van der Waals surface area contributed by atoms with Crippen LogP contribution < -0.4 is 5.32 Å². The Morgan fingerprint density at radius 2 is 1.11 bits per heavy atom. The van der Waals surface area contributed by atoms with E-state index in [-0.39, 0.29) is 50.6 Å².